The van der Waals surface area contributed by atoms with E-state index < -0.39 is 5.97 Å². The molecule has 0 aliphatic carbocycles. The number of rotatable bonds is 4. The van der Waals surface area contributed by atoms with Gasteiger partial charge >= 0.3 is 5.97 Å². The minimum Gasteiger partial charge on any atom is -0.481 e. The standard InChI is InChI=1S/C16H18Cl2N4O2/c1-10-13(16(23)24)3-2-6-21(10)8-11-9-22(20-19-11)12-4-5-14(17)15(18)7-12/h4-5,7,9-10,13H,2-3,6,8H2,1H3,(H,23,24)/t10-,13-/m1/s1. The van der Waals surface area contributed by atoms with E-state index in [0.29, 0.717) is 16.6 Å². The third-order valence-corrected chi connectivity index (χ3v) is 5.25. The highest BCUT2D eigenvalue weighted by Crippen LogP contribution is 2.26. The van der Waals surface area contributed by atoms with Crippen molar-refractivity contribution in [2.75, 3.05) is 6.54 Å². The van der Waals surface area contributed by atoms with Gasteiger partial charge in [0.05, 0.1) is 33.5 Å². The molecule has 1 fully saturated rings. The van der Waals surface area contributed by atoms with Crippen LogP contribution in [0.3, 0.4) is 0 Å². The van der Waals surface area contributed by atoms with Gasteiger partial charge in [-0.3, -0.25) is 9.69 Å². The minimum atomic E-state index is -0.730. The number of likely N-dealkylation sites (tertiary alicyclic amines) is 1. The Morgan fingerprint density at radius 3 is 2.88 bits per heavy atom. The lowest BCUT2D eigenvalue weighted by molar-refractivity contribution is -0.145. The number of hydrogen-bond acceptors (Lipinski definition) is 4. The van der Waals surface area contributed by atoms with Crippen molar-refractivity contribution in [1.82, 2.24) is 19.9 Å². The Morgan fingerprint density at radius 1 is 1.38 bits per heavy atom. The van der Waals surface area contributed by atoms with E-state index in [9.17, 15) is 9.90 Å². The Balaban J connectivity index is 1.74. The summed E-state index contributed by atoms with van der Waals surface area (Å²) in [6.07, 6.45) is 3.43. The summed E-state index contributed by atoms with van der Waals surface area (Å²) in [7, 11) is 0. The van der Waals surface area contributed by atoms with Gasteiger partial charge in [0, 0.05) is 12.6 Å². The summed E-state index contributed by atoms with van der Waals surface area (Å²) in [6.45, 7) is 3.40. The maximum Gasteiger partial charge on any atom is 0.308 e. The van der Waals surface area contributed by atoms with Crippen molar-refractivity contribution in [3.8, 4) is 5.69 Å². The van der Waals surface area contributed by atoms with Crippen LogP contribution in [0.1, 0.15) is 25.5 Å². The number of hydrogen-bond donors (Lipinski definition) is 1. The van der Waals surface area contributed by atoms with Crippen molar-refractivity contribution in [1.29, 1.82) is 0 Å². The van der Waals surface area contributed by atoms with E-state index in [-0.39, 0.29) is 12.0 Å². The first kappa shape index (κ1) is 17.2. The summed E-state index contributed by atoms with van der Waals surface area (Å²) in [4.78, 5) is 13.5. The molecular formula is C16H18Cl2N4O2. The molecule has 6 nitrogen and oxygen atoms in total. The normalized spacial score (nSPS) is 21.8. The summed E-state index contributed by atoms with van der Waals surface area (Å²) < 4.78 is 1.64. The lowest BCUT2D eigenvalue weighted by Crippen LogP contribution is -2.45. The molecule has 24 heavy (non-hydrogen) atoms. The Labute approximate surface area is 150 Å². The van der Waals surface area contributed by atoms with Crippen LogP contribution in [0.2, 0.25) is 10.0 Å². The van der Waals surface area contributed by atoms with Gasteiger partial charge in [0.25, 0.3) is 0 Å². The van der Waals surface area contributed by atoms with E-state index in [2.05, 4.69) is 15.2 Å². The van der Waals surface area contributed by atoms with Crippen LogP contribution in [0.4, 0.5) is 0 Å². The second kappa shape index (κ2) is 7.09. The zero-order valence-corrected chi connectivity index (χ0v) is 14.7. The number of carboxylic acid groups (broad SMARTS) is 1. The maximum atomic E-state index is 11.3. The molecule has 0 unspecified atom stereocenters. The predicted octanol–water partition coefficient (Wildman–Crippen LogP) is 3.26. The Kier molecular flexibility index (Phi) is 5.08. The molecule has 1 saturated heterocycles. The number of carboxylic acids is 1. The first-order valence-corrected chi connectivity index (χ1v) is 8.55. The van der Waals surface area contributed by atoms with Gasteiger partial charge < -0.3 is 5.11 Å². The summed E-state index contributed by atoms with van der Waals surface area (Å²) in [5, 5.41) is 18.6. The highest BCUT2D eigenvalue weighted by atomic mass is 35.5. The van der Waals surface area contributed by atoms with E-state index in [1.54, 1.807) is 16.8 Å². The Morgan fingerprint density at radius 2 is 2.17 bits per heavy atom. The first-order valence-electron chi connectivity index (χ1n) is 7.79. The van der Waals surface area contributed by atoms with Crippen LogP contribution in [0.5, 0.6) is 0 Å². The third-order valence-electron chi connectivity index (χ3n) is 4.51. The molecule has 128 valence electrons. The van der Waals surface area contributed by atoms with Gasteiger partial charge in [0.1, 0.15) is 0 Å². The zero-order chi connectivity index (χ0) is 17.3. The molecule has 1 N–H and O–H groups in total. The van der Waals surface area contributed by atoms with E-state index in [0.717, 1.165) is 30.8 Å². The van der Waals surface area contributed by atoms with Crippen LogP contribution in [0.25, 0.3) is 5.69 Å². The van der Waals surface area contributed by atoms with Crippen LogP contribution >= 0.6 is 23.2 Å². The number of aliphatic carboxylic acids is 1. The van der Waals surface area contributed by atoms with E-state index >= 15 is 0 Å². The highest BCUT2D eigenvalue weighted by molar-refractivity contribution is 6.42. The molecule has 1 aliphatic rings. The Hall–Kier alpha value is -1.63. The lowest BCUT2D eigenvalue weighted by Gasteiger charge is -2.36. The summed E-state index contributed by atoms with van der Waals surface area (Å²) in [6, 6.07) is 5.24. The van der Waals surface area contributed by atoms with Crippen molar-refractivity contribution >= 4 is 29.2 Å². The molecule has 0 saturated carbocycles. The van der Waals surface area contributed by atoms with Crippen LogP contribution in [0, 0.1) is 5.92 Å². The number of nitrogens with zero attached hydrogens (tertiary/aromatic N) is 4. The van der Waals surface area contributed by atoms with Crippen LogP contribution in [-0.4, -0.2) is 43.6 Å². The molecule has 2 aromatic rings. The summed E-state index contributed by atoms with van der Waals surface area (Å²) in [5.41, 5.74) is 1.57. The van der Waals surface area contributed by atoms with Crippen LogP contribution in [0.15, 0.2) is 24.4 Å². The summed E-state index contributed by atoms with van der Waals surface area (Å²) in [5.74, 6) is -1.06. The third kappa shape index (κ3) is 3.55. The summed E-state index contributed by atoms with van der Waals surface area (Å²) >= 11 is 12.0. The van der Waals surface area contributed by atoms with E-state index in [1.807, 2.05) is 19.2 Å². The molecule has 1 aromatic heterocycles. The molecule has 1 aliphatic heterocycles. The fraction of sp³-hybridized carbons (Fsp3) is 0.438. The lowest BCUT2D eigenvalue weighted by atomic mass is 9.90. The minimum absolute atomic E-state index is 0.0219. The van der Waals surface area contributed by atoms with Gasteiger partial charge in [-0.2, -0.15) is 0 Å². The predicted molar refractivity (Wildman–Crippen MR) is 91.6 cm³/mol. The molecule has 0 bridgehead atoms. The monoisotopic (exact) mass is 368 g/mol. The van der Waals surface area contributed by atoms with Crippen molar-refractivity contribution in [2.24, 2.45) is 5.92 Å². The number of carbonyl (C=O) groups is 1. The average molecular weight is 369 g/mol. The molecule has 8 heteroatoms. The maximum absolute atomic E-state index is 11.3. The molecular weight excluding hydrogens is 351 g/mol. The van der Waals surface area contributed by atoms with Crippen LogP contribution < -0.4 is 0 Å². The molecule has 2 heterocycles. The number of benzene rings is 1. The Bertz CT molecular complexity index is 749. The van der Waals surface area contributed by atoms with Gasteiger partial charge in [0.2, 0.25) is 0 Å². The molecule has 0 radical (unpaired) electrons. The smallest absolute Gasteiger partial charge is 0.308 e. The van der Waals surface area contributed by atoms with Gasteiger partial charge in [-0.15, -0.1) is 5.10 Å². The quantitative estimate of drug-likeness (QED) is 0.896. The SMILES string of the molecule is C[C@@H]1[C@H](C(=O)O)CCCN1Cc1cn(-c2ccc(Cl)c(Cl)c2)nn1. The largest absolute Gasteiger partial charge is 0.481 e. The number of halogens is 2. The van der Waals surface area contributed by atoms with Crippen LogP contribution in [-0.2, 0) is 11.3 Å². The van der Waals surface area contributed by atoms with Crippen molar-refractivity contribution < 1.29 is 9.90 Å². The van der Waals surface area contributed by atoms with E-state index in [4.69, 9.17) is 23.2 Å². The van der Waals surface area contributed by atoms with Crippen molar-refractivity contribution in [2.45, 2.75) is 32.4 Å². The molecule has 3 rings (SSSR count). The second-order valence-corrected chi connectivity index (χ2v) is 6.87. The van der Waals surface area contributed by atoms with Gasteiger partial charge in [-0.1, -0.05) is 28.4 Å². The molecule has 2 atom stereocenters. The zero-order valence-electron chi connectivity index (χ0n) is 13.2. The van der Waals surface area contributed by atoms with Gasteiger partial charge in [-0.25, -0.2) is 4.68 Å². The molecule has 0 spiro atoms. The van der Waals surface area contributed by atoms with Gasteiger partial charge in [0.15, 0.2) is 0 Å². The fourth-order valence-corrected chi connectivity index (χ4v) is 3.39. The number of piperidine rings is 1. The highest BCUT2D eigenvalue weighted by Gasteiger charge is 2.33. The van der Waals surface area contributed by atoms with Crippen molar-refractivity contribution in [3.63, 3.8) is 0 Å². The van der Waals surface area contributed by atoms with Gasteiger partial charge in [-0.05, 0) is 44.5 Å². The fourth-order valence-electron chi connectivity index (χ4n) is 3.10. The van der Waals surface area contributed by atoms with Crippen molar-refractivity contribution in [3.05, 3.63) is 40.1 Å². The first-order chi connectivity index (χ1) is 11.5. The molecule has 0 amide bonds. The van der Waals surface area contributed by atoms with E-state index in [1.165, 1.54) is 0 Å². The topological polar surface area (TPSA) is 71.2 Å². The second-order valence-electron chi connectivity index (χ2n) is 6.05. The molecule has 1 aromatic carbocycles. The number of aromatic nitrogens is 3. The average Bonchev–Trinajstić information content (AvgIpc) is 3.00.